The lowest BCUT2D eigenvalue weighted by Gasteiger charge is -2.22. The van der Waals surface area contributed by atoms with Crippen molar-refractivity contribution in [1.29, 1.82) is 0 Å². The molecule has 2 saturated carbocycles. The first-order chi connectivity index (χ1) is 14.0. The smallest absolute Gasteiger partial charge is 0.251 e. The predicted molar refractivity (Wildman–Crippen MR) is 113 cm³/mol. The number of benzene rings is 2. The highest BCUT2D eigenvalue weighted by molar-refractivity contribution is 7.89. The Morgan fingerprint density at radius 2 is 1.59 bits per heavy atom. The number of amides is 1. The van der Waals surface area contributed by atoms with Crippen LogP contribution in [0.4, 0.5) is 0 Å². The number of sulfonamides is 1. The molecule has 2 aliphatic rings. The average Bonchev–Trinajstić information content (AvgIpc) is 3.62. The fourth-order valence-corrected chi connectivity index (χ4v) is 5.14. The first kappa shape index (κ1) is 20.1. The topological polar surface area (TPSA) is 66.5 Å². The van der Waals surface area contributed by atoms with E-state index in [1.165, 1.54) is 0 Å². The van der Waals surface area contributed by atoms with Gasteiger partial charge < -0.3 is 5.32 Å². The molecule has 5 nitrogen and oxygen atoms in total. The Bertz CT molecular complexity index is 960. The van der Waals surface area contributed by atoms with Crippen molar-refractivity contribution in [3.05, 3.63) is 65.2 Å². The Morgan fingerprint density at radius 1 is 0.966 bits per heavy atom. The maximum atomic E-state index is 13.3. The molecule has 2 aromatic carbocycles. The van der Waals surface area contributed by atoms with Crippen molar-refractivity contribution in [3.63, 3.8) is 0 Å². The summed E-state index contributed by atoms with van der Waals surface area (Å²) in [6, 6.07) is 14.9. The molecule has 6 heteroatoms. The Morgan fingerprint density at radius 3 is 2.14 bits per heavy atom. The van der Waals surface area contributed by atoms with E-state index in [4.69, 9.17) is 0 Å². The van der Waals surface area contributed by atoms with Crippen molar-refractivity contribution in [2.45, 2.75) is 69.0 Å². The number of carbonyl (C=O) groups is 1. The molecule has 0 unspecified atom stereocenters. The Labute approximate surface area is 173 Å². The number of aryl methyl sites for hydroxylation is 1. The lowest BCUT2D eigenvalue weighted by molar-refractivity contribution is 0.0951. The summed E-state index contributed by atoms with van der Waals surface area (Å²) in [4.78, 5) is 12.5. The van der Waals surface area contributed by atoms with Crippen LogP contribution in [0.1, 0.15) is 60.5 Å². The minimum Gasteiger partial charge on any atom is -0.349 e. The lowest BCUT2D eigenvalue weighted by atomic mass is 10.1. The van der Waals surface area contributed by atoms with Gasteiger partial charge in [0, 0.05) is 24.2 Å². The quantitative estimate of drug-likeness (QED) is 0.680. The predicted octanol–water partition coefficient (Wildman–Crippen LogP) is 3.88. The number of rotatable bonds is 9. The maximum Gasteiger partial charge on any atom is 0.251 e. The van der Waals surface area contributed by atoms with Gasteiger partial charge in [0.2, 0.25) is 10.0 Å². The van der Waals surface area contributed by atoms with Crippen LogP contribution in [0.3, 0.4) is 0 Å². The van der Waals surface area contributed by atoms with Crippen LogP contribution in [0.2, 0.25) is 0 Å². The van der Waals surface area contributed by atoms with Gasteiger partial charge in [-0.25, -0.2) is 8.42 Å². The molecule has 154 valence electrons. The van der Waals surface area contributed by atoms with Gasteiger partial charge >= 0.3 is 0 Å². The minimum atomic E-state index is -3.55. The fourth-order valence-electron chi connectivity index (χ4n) is 3.46. The van der Waals surface area contributed by atoms with Crippen LogP contribution >= 0.6 is 0 Å². The van der Waals surface area contributed by atoms with E-state index in [0.717, 1.165) is 49.7 Å². The van der Waals surface area contributed by atoms with Crippen molar-refractivity contribution in [3.8, 4) is 0 Å². The van der Waals surface area contributed by atoms with Gasteiger partial charge in [0.05, 0.1) is 4.90 Å². The third kappa shape index (κ3) is 4.87. The zero-order valence-corrected chi connectivity index (χ0v) is 17.6. The van der Waals surface area contributed by atoms with E-state index in [-0.39, 0.29) is 11.9 Å². The van der Waals surface area contributed by atoms with Crippen molar-refractivity contribution < 1.29 is 13.2 Å². The summed E-state index contributed by atoms with van der Waals surface area (Å²) in [5, 5.41) is 2.97. The SMILES string of the molecule is CCCc1ccc(S(=O)(=O)N(Cc2ccc(C(=O)NC3CC3)cc2)C2CC2)cc1. The number of nitrogens with one attached hydrogen (secondary N) is 1. The van der Waals surface area contributed by atoms with E-state index >= 15 is 0 Å². The summed E-state index contributed by atoms with van der Waals surface area (Å²) in [6.07, 6.45) is 5.89. The van der Waals surface area contributed by atoms with E-state index in [0.29, 0.717) is 23.0 Å². The van der Waals surface area contributed by atoms with Gasteiger partial charge in [-0.1, -0.05) is 37.6 Å². The third-order valence-corrected chi connectivity index (χ3v) is 7.40. The van der Waals surface area contributed by atoms with Crippen LogP contribution in [-0.4, -0.2) is 30.7 Å². The third-order valence-electron chi connectivity index (χ3n) is 5.49. The van der Waals surface area contributed by atoms with Gasteiger partial charge in [-0.15, -0.1) is 0 Å². The average molecular weight is 413 g/mol. The molecule has 0 bridgehead atoms. The normalized spacial score (nSPS) is 16.8. The van der Waals surface area contributed by atoms with E-state index in [9.17, 15) is 13.2 Å². The molecule has 29 heavy (non-hydrogen) atoms. The standard InChI is InChI=1S/C23H28N2O3S/c1-2-3-17-6-14-22(15-7-17)29(27,28)25(21-12-13-21)16-18-4-8-19(9-5-18)23(26)24-20-10-11-20/h4-9,14-15,20-21H,2-3,10-13,16H2,1H3,(H,24,26). The Balaban J connectivity index is 1.49. The van der Waals surface area contributed by atoms with Crippen LogP contribution in [0.5, 0.6) is 0 Å². The van der Waals surface area contributed by atoms with Crippen molar-refractivity contribution in [2.24, 2.45) is 0 Å². The van der Waals surface area contributed by atoms with Crippen LogP contribution in [0.25, 0.3) is 0 Å². The molecule has 2 aliphatic carbocycles. The number of hydrogen-bond donors (Lipinski definition) is 1. The van der Waals surface area contributed by atoms with Gasteiger partial charge in [0.25, 0.3) is 5.91 Å². The lowest BCUT2D eigenvalue weighted by Crippen LogP contribution is -2.32. The largest absolute Gasteiger partial charge is 0.349 e. The van der Waals surface area contributed by atoms with Crippen molar-refractivity contribution in [1.82, 2.24) is 9.62 Å². The van der Waals surface area contributed by atoms with Crippen LogP contribution in [0, 0.1) is 0 Å². The second-order valence-corrected chi connectivity index (χ2v) is 10.0. The van der Waals surface area contributed by atoms with Crippen LogP contribution in [-0.2, 0) is 23.0 Å². The second kappa shape index (κ2) is 8.28. The first-order valence-corrected chi connectivity index (χ1v) is 11.9. The molecule has 0 aromatic heterocycles. The highest BCUT2D eigenvalue weighted by Crippen LogP contribution is 2.33. The summed E-state index contributed by atoms with van der Waals surface area (Å²) in [7, 11) is -3.55. The first-order valence-electron chi connectivity index (χ1n) is 10.5. The molecule has 0 radical (unpaired) electrons. The highest BCUT2D eigenvalue weighted by atomic mass is 32.2. The maximum absolute atomic E-state index is 13.3. The second-order valence-electron chi connectivity index (χ2n) is 8.12. The van der Waals surface area contributed by atoms with E-state index in [2.05, 4.69) is 12.2 Å². The summed E-state index contributed by atoms with van der Waals surface area (Å²) >= 11 is 0. The monoisotopic (exact) mass is 412 g/mol. The molecule has 0 atom stereocenters. The minimum absolute atomic E-state index is 0.0575. The van der Waals surface area contributed by atoms with E-state index < -0.39 is 10.0 Å². The summed E-state index contributed by atoms with van der Waals surface area (Å²) in [5.41, 5.74) is 2.67. The molecule has 0 aliphatic heterocycles. The Kier molecular flexibility index (Phi) is 5.74. The van der Waals surface area contributed by atoms with Crippen LogP contribution < -0.4 is 5.32 Å². The fraction of sp³-hybridized carbons (Fsp3) is 0.435. The molecule has 1 N–H and O–H groups in total. The zero-order chi connectivity index (χ0) is 20.4. The number of carbonyl (C=O) groups excluding carboxylic acids is 1. The molecule has 2 fully saturated rings. The summed E-state index contributed by atoms with van der Waals surface area (Å²) in [6.45, 7) is 2.44. The van der Waals surface area contributed by atoms with E-state index in [1.807, 2.05) is 24.3 Å². The van der Waals surface area contributed by atoms with Gasteiger partial charge in [-0.2, -0.15) is 4.31 Å². The van der Waals surface area contributed by atoms with Crippen LogP contribution in [0.15, 0.2) is 53.4 Å². The summed E-state index contributed by atoms with van der Waals surface area (Å²) < 4.78 is 28.1. The van der Waals surface area contributed by atoms with Gasteiger partial charge in [0.15, 0.2) is 0 Å². The van der Waals surface area contributed by atoms with E-state index in [1.54, 1.807) is 28.6 Å². The molecule has 2 aromatic rings. The highest BCUT2D eigenvalue weighted by Gasteiger charge is 2.38. The molecule has 1 amide bonds. The molecule has 0 heterocycles. The number of hydrogen-bond acceptors (Lipinski definition) is 3. The zero-order valence-electron chi connectivity index (χ0n) is 16.8. The van der Waals surface area contributed by atoms with Gasteiger partial charge in [-0.3, -0.25) is 4.79 Å². The number of nitrogens with zero attached hydrogens (tertiary/aromatic N) is 1. The molecule has 4 rings (SSSR count). The Hall–Kier alpha value is -2.18. The van der Waals surface area contributed by atoms with Gasteiger partial charge in [0.1, 0.15) is 0 Å². The van der Waals surface area contributed by atoms with Crippen molar-refractivity contribution >= 4 is 15.9 Å². The summed E-state index contributed by atoms with van der Waals surface area (Å²) in [5.74, 6) is -0.0575. The van der Waals surface area contributed by atoms with Gasteiger partial charge in [-0.05, 0) is 67.5 Å². The molecule has 0 saturated heterocycles. The molecule has 0 spiro atoms. The molecular formula is C23H28N2O3S. The molecular weight excluding hydrogens is 384 g/mol. The van der Waals surface area contributed by atoms with Crippen molar-refractivity contribution in [2.75, 3.05) is 0 Å².